The zero-order valence-corrected chi connectivity index (χ0v) is 15.5. The first-order valence-electron chi connectivity index (χ1n) is 8.82. The van der Waals surface area contributed by atoms with Crippen LogP contribution in [0.3, 0.4) is 0 Å². The molecular weight excluding hydrogens is 345 g/mol. The highest BCUT2D eigenvalue weighted by Gasteiger charge is 2.28. The maximum atomic E-state index is 12.1. The molecule has 3 rings (SSSR count). The Bertz CT molecular complexity index is 561. The monoisotopic (exact) mass is 369 g/mol. The zero-order valence-electron chi connectivity index (χ0n) is 13.9. The molecule has 2 aliphatic rings. The Balaban J connectivity index is 1.39. The van der Waals surface area contributed by atoms with E-state index in [0.29, 0.717) is 22.2 Å². The molecule has 1 unspecified atom stereocenters. The second-order valence-corrected chi connectivity index (χ2v) is 7.67. The van der Waals surface area contributed by atoms with E-state index in [1.807, 2.05) is 0 Å². The molecule has 24 heavy (non-hydrogen) atoms. The van der Waals surface area contributed by atoms with Crippen molar-refractivity contribution in [2.45, 2.75) is 38.1 Å². The molecule has 1 aromatic rings. The van der Waals surface area contributed by atoms with E-state index in [-0.39, 0.29) is 5.91 Å². The van der Waals surface area contributed by atoms with Crippen LogP contribution in [-0.2, 0) is 4.79 Å². The Morgan fingerprint density at radius 2 is 1.92 bits per heavy atom. The van der Waals surface area contributed by atoms with Crippen molar-refractivity contribution < 1.29 is 4.79 Å². The number of nitrogens with one attached hydrogen (secondary N) is 1. The first kappa shape index (κ1) is 18.0. The smallest absolute Gasteiger partial charge is 0.224 e. The second-order valence-electron chi connectivity index (χ2n) is 6.80. The van der Waals surface area contributed by atoms with Crippen LogP contribution in [0.2, 0.25) is 10.0 Å². The van der Waals surface area contributed by atoms with Gasteiger partial charge in [0.25, 0.3) is 0 Å². The predicted molar refractivity (Wildman–Crippen MR) is 100.0 cm³/mol. The van der Waals surface area contributed by atoms with Gasteiger partial charge in [-0.3, -0.25) is 9.69 Å². The molecule has 0 spiro atoms. The fraction of sp³-hybridized carbons (Fsp3) is 0.611. The fourth-order valence-electron chi connectivity index (χ4n) is 3.74. The normalized spacial score (nSPS) is 22.2. The second kappa shape index (κ2) is 8.52. The van der Waals surface area contributed by atoms with Crippen LogP contribution in [0.4, 0.5) is 5.69 Å². The summed E-state index contributed by atoms with van der Waals surface area (Å²) >= 11 is 11.9. The van der Waals surface area contributed by atoms with Crippen molar-refractivity contribution in [1.82, 2.24) is 9.80 Å². The van der Waals surface area contributed by atoms with Crippen LogP contribution in [0.5, 0.6) is 0 Å². The summed E-state index contributed by atoms with van der Waals surface area (Å²) in [6, 6.07) is 5.82. The van der Waals surface area contributed by atoms with Crippen LogP contribution in [0.15, 0.2) is 18.2 Å². The van der Waals surface area contributed by atoms with Crippen molar-refractivity contribution in [3.05, 3.63) is 28.2 Å². The van der Waals surface area contributed by atoms with E-state index in [9.17, 15) is 4.79 Å². The number of benzene rings is 1. The molecule has 2 heterocycles. The summed E-state index contributed by atoms with van der Waals surface area (Å²) in [7, 11) is 0. The maximum absolute atomic E-state index is 12.1. The number of hydrogen-bond donors (Lipinski definition) is 1. The molecule has 2 aliphatic heterocycles. The maximum Gasteiger partial charge on any atom is 0.224 e. The number of rotatable bonds is 5. The minimum absolute atomic E-state index is 0.0182. The molecule has 0 radical (unpaired) electrons. The molecule has 0 aliphatic carbocycles. The number of piperidine rings is 1. The number of fused-ring (bicyclic) bond motifs is 1. The molecule has 132 valence electrons. The Morgan fingerprint density at radius 1 is 1.12 bits per heavy atom. The van der Waals surface area contributed by atoms with Crippen molar-refractivity contribution in [3.8, 4) is 0 Å². The molecule has 0 saturated carbocycles. The third-order valence-corrected chi connectivity index (χ3v) is 5.38. The fourth-order valence-corrected chi connectivity index (χ4v) is 4.26. The highest BCUT2D eigenvalue weighted by Crippen LogP contribution is 2.23. The summed E-state index contributed by atoms with van der Waals surface area (Å²) in [6.07, 6.45) is 5.44. The Kier molecular flexibility index (Phi) is 6.39. The lowest BCUT2D eigenvalue weighted by Gasteiger charge is -2.44. The zero-order chi connectivity index (χ0) is 16.9. The van der Waals surface area contributed by atoms with E-state index in [1.165, 1.54) is 32.4 Å². The van der Waals surface area contributed by atoms with Crippen molar-refractivity contribution in [2.24, 2.45) is 0 Å². The van der Waals surface area contributed by atoms with E-state index in [2.05, 4.69) is 15.1 Å². The molecule has 6 heteroatoms. The molecular formula is C18H25Cl2N3O. The van der Waals surface area contributed by atoms with Crippen LogP contribution in [-0.4, -0.2) is 54.5 Å². The molecule has 4 nitrogen and oxygen atoms in total. The van der Waals surface area contributed by atoms with Gasteiger partial charge in [-0.1, -0.05) is 29.6 Å². The lowest BCUT2D eigenvalue weighted by Crippen LogP contribution is -2.54. The number of piperazine rings is 1. The molecule has 1 amide bonds. The summed E-state index contributed by atoms with van der Waals surface area (Å²) < 4.78 is 0. The predicted octanol–water partition coefficient (Wildman–Crippen LogP) is 3.88. The topological polar surface area (TPSA) is 35.6 Å². The van der Waals surface area contributed by atoms with Gasteiger partial charge in [0.15, 0.2) is 0 Å². The van der Waals surface area contributed by atoms with Gasteiger partial charge in [0.1, 0.15) is 0 Å². The van der Waals surface area contributed by atoms with Gasteiger partial charge in [0, 0.05) is 47.8 Å². The van der Waals surface area contributed by atoms with Gasteiger partial charge in [-0.05, 0) is 50.6 Å². The Labute approximate surface area is 154 Å². The number of anilines is 1. The minimum atomic E-state index is 0.0182. The van der Waals surface area contributed by atoms with Gasteiger partial charge in [-0.2, -0.15) is 0 Å². The van der Waals surface area contributed by atoms with Crippen LogP contribution in [0.1, 0.15) is 32.1 Å². The summed E-state index contributed by atoms with van der Waals surface area (Å²) in [4.78, 5) is 17.2. The van der Waals surface area contributed by atoms with Crippen LogP contribution in [0, 0.1) is 0 Å². The average Bonchev–Trinajstić information content (AvgIpc) is 2.53. The average molecular weight is 370 g/mol. The number of amides is 1. The first-order valence-corrected chi connectivity index (χ1v) is 9.58. The first-order chi connectivity index (χ1) is 11.6. The van der Waals surface area contributed by atoms with E-state index < -0.39 is 0 Å². The number of nitrogens with zero attached hydrogens (tertiary/aromatic N) is 2. The standard InChI is InChI=1S/C18H25Cl2N3O/c19-14-10-15(20)12-16(11-14)21-18(24)5-3-6-22-8-9-23-7-2-1-4-17(23)13-22/h10-12,17H,1-9,13H2,(H,21,24). The molecule has 0 bridgehead atoms. The molecule has 0 aromatic heterocycles. The van der Waals surface area contributed by atoms with Gasteiger partial charge in [-0.15, -0.1) is 0 Å². The molecule has 1 aromatic carbocycles. The van der Waals surface area contributed by atoms with E-state index in [4.69, 9.17) is 23.2 Å². The molecule has 2 fully saturated rings. The SMILES string of the molecule is O=C(CCCN1CCN2CCCCC2C1)Nc1cc(Cl)cc(Cl)c1. The van der Waals surface area contributed by atoms with Gasteiger partial charge >= 0.3 is 0 Å². The number of hydrogen-bond acceptors (Lipinski definition) is 3. The van der Waals surface area contributed by atoms with E-state index in [0.717, 1.165) is 32.1 Å². The summed E-state index contributed by atoms with van der Waals surface area (Å²) in [5, 5.41) is 3.93. The number of carbonyl (C=O) groups excluding carboxylic acids is 1. The van der Waals surface area contributed by atoms with Crippen LogP contribution < -0.4 is 5.32 Å². The van der Waals surface area contributed by atoms with Gasteiger partial charge in [0.2, 0.25) is 5.91 Å². The summed E-state index contributed by atoms with van der Waals surface area (Å²) in [6.45, 7) is 5.72. The highest BCUT2D eigenvalue weighted by molar-refractivity contribution is 6.35. The lowest BCUT2D eigenvalue weighted by atomic mass is 9.99. The molecule has 1 N–H and O–H groups in total. The Morgan fingerprint density at radius 3 is 2.71 bits per heavy atom. The lowest BCUT2D eigenvalue weighted by molar-refractivity contribution is -0.116. The third-order valence-electron chi connectivity index (χ3n) is 4.95. The van der Waals surface area contributed by atoms with E-state index >= 15 is 0 Å². The quantitative estimate of drug-likeness (QED) is 0.855. The highest BCUT2D eigenvalue weighted by atomic mass is 35.5. The summed E-state index contributed by atoms with van der Waals surface area (Å²) in [5.41, 5.74) is 0.660. The van der Waals surface area contributed by atoms with Crippen molar-refractivity contribution in [3.63, 3.8) is 0 Å². The van der Waals surface area contributed by atoms with Crippen LogP contribution >= 0.6 is 23.2 Å². The van der Waals surface area contributed by atoms with Crippen molar-refractivity contribution >= 4 is 34.8 Å². The molecule has 2 saturated heterocycles. The summed E-state index contributed by atoms with van der Waals surface area (Å²) in [5.74, 6) is 0.0182. The third kappa shape index (κ3) is 5.09. The van der Waals surface area contributed by atoms with Crippen molar-refractivity contribution in [1.29, 1.82) is 0 Å². The molecule has 1 atom stereocenters. The number of halogens is 2. The van der Waals surface area contributed by atoms with Crippen molar-refractivity contribution in [2.75, 3.05) is 38.0 Å². The van der Waals surface area contributed by atoms with Crippen LogP contribution in [0.25, 0.3) is 0 Å². The van der Waals surface area contributed by atoms with E-state index in [1.54, 1.807) is 18.2 Å². The van der Waals surface area contributed by atoms with Gasteiger partial charge < -0.3 is 10.2 Å². The Hall–Kier alpha value is -0.810. The number of carbonyl (C=O) groups is 1. The van der Waals surface area contributed by atoms with Gasteiger partial charge in [-0.25, -0.2) is 0 Å². The van der Waals surface area contributed by atoms with Gasteiger partial charge in [0.05, 0.1) is 0 Å². The largest absolute Gasteiger partial charge is 0.326 e. The minimum Gasteiger partial charge on any atom is -0.326 e.